The van der Waals surface area contributed by atoms with Gasteiger partial charge >= 0.3 is 5.97 Å². The minimum Gasteiger partial charge on any atom is -0.451 e. The number of halogens is 1. The molecule has 3 N–H and O–H groups in total. The van der Waals surface area contributed by atoms with E-state index in [1.54, 1.807) is 36.5 Å². The maximum atomic E-state index is 11.8. The number of carbonyl (C=O) groups is 3. The summed E-state index contributed by atoms with van der Waals surface area (Å²) in [6.07, 6.45) is 1.59. The van der Waals surface area contributed by atoms with E-state index >= 15 is 0 Å². The van der Waals surface area contributed by atoms with Crippen LogP contribution in [0.5, 0.6) is 0 Å². The first kappa shape index (κ1) is 16.8. The highest BCUT2D eigenvalue weighted by Gasteiger charge is 2.12. The second-order valence-corrected chi connectivity index (χ2v) is 5.53. The number of esters is 1. The summed E-state index contributed by atoms with van der Waals surface area (Å²) in [5.41, 5.74) is 1.29. The number of hydrogen-bond acceptors (Lipinski definition) is 4. The van der Waals surface area contributed by atoms with Gasteiger partial charge in [0, 0.05) is 29.0 Å². The number of aromatic nitrogens is 1. The zero-order valence-corrected chi connectivity index (χ0v) is 13.8. The molecule has 2 amide bonds. The lowest BCUT2D eigenvalue weighted by molar-refractivity contribution is -0.119. The number of carbonyl (C=O) groups excluding carboxylic acids is 3. The molecule has 1 aromatic heterocycles. The molecule has 0 unspecified atom stereocenters. The molecule has 120 valence electrons. The van der Waals surface area contributed by atoms with Crippen LogP contribution in [-0.4, -0.2) is 29.4 Å². The normalized spacial score (nSPS) is 10.0. The Morgan fingerprint density at radius 3 is 2.48 bits per heavy atom. The predicted octanol–water partition coefficient (Wildman–Crippen LogP) is 2.53. The number of H-pyrrole nitrogens is 1. The SMILES string of the molecule is CC(=O)Nc1cccc(NC(=O)COC(=O)c2cc(Br)c[nH]2)c1. The van der Waals surface area contributed by atoms with E-state index in [0.717, 1.165) is 0 Å². The lowest BCUT2D eigenvalue weighted by Crippen LogP contribution is -2.21. The molecule has 0 spiro atoms. The van der Waals surface area contributed by atoms with Crippen molar-refractivity contribution < 1.29 is 19.1 Å². The molecule has 1 heterocycles. The Morgan fingerprint density at radius 2 is 1.87 bits per heavy atom. The van der Waals surface area contributed by atoms with Crippen molar-refractivity contribution in [3.05, 3.63) is 46.7 Å². The Balaban J connectivity index is 1.87. The van der Waals surface area contributed by atoms with Crippen LogP contribution in [0.4, 0.5) is 11.4 Å². The average Bonchev–Trinajstić information content (AvgIpc) is 2.91. The van der Waals surface area contributed by atoms with Crippen LogP contribution in [0, 0.1) is 0 Å². The number of anilines is 2. The summed E-state index contributed by atoms with van der Waals surface area (Å²) >= 11 is 3.20. The van der Waals surface area contributed by atoms with Gasteiger partial charge in [-0.3, -0.25) is 9.59 Å². The van der Waals surface area contributed by atoms with Crippen molar-refractivity contribution >= 4 is 45.1 Å². The van der Waals surface area contributed by atoms with Crippen LogP contribution in [0.25, 0.3) is 0 Å². The van der Waals surface area contributed by atoms with Crippen molar-refractivity contribution in [2.45, 2.75) is 6.92 Å². The summed E-state index contributed by atoms with van der Waals surface area (Å²) in [6.45, 7) is 0.976. The van der Waals surface area contributed by atoms with Gasteiger partial charge in [-0.1, -0.05) is 6.07 Å². The highest BCUT2D eigenvalue weighted by atomic mass is 79.9. The number of nitrogens with one attached hydrogen (secondary N) is 3. The number of amides is 2. The van der Waals surface area contributed by atoms with Gasteiger partial charge in [-0.25, -0.2) is 4.79 Å². The lowest BCUT2D eigenvalue weighted by atomic mass is 10.2. The fraction of sp³-hybridized carbons (Fsp3) is 0.133. The molecule has 0 bridgehead atoms. The topological polar surface area (TPSA) is 100 Å². The van der Waals surface area contributed by atoms with Gasteiger partial charge in [-0.2, -0.15) is 0 Å². The first-order valence-electron chi connectivity index (χ1n) is 6.62. The molecule has 0 saturated heterocycles. The molecule has 0 aliphatic rings. The molecule has 2 aromatic rings. The van der Waals surface area contributed by atoms with E-state index in [2.05, 4.69) is 31.5 Å². The highest BCUT2D eigenvalue weighted by Crippen LogP contribution is 2.15. The first-order chi connectivity index (χ1) is 10.9. The number of ether oxygens (including phenoxy) is 1. The summed E-state index contributed by atoms with van der Waals surface area (Å²) in [4.78, 5) is 37.2. The zero-order chi connectivity index (χ0) is 16.8. The third-order valence-corrected chi connectivity index (χ3v) is 3.13. The largest absolute Gasteiger partial charge is 0.451 e. The molecular weight excluding hydrogens is 366 g/mol. The maximum absolute atomic E-state index is 11.8. The first-order valence-corrected chi connectivity index (χ1v) is 7.42. The second kappa shape index (κ2) is 7.59. The van der Waals surface area contributed by atoms with Crippen LogP contribution in [0.2, 0.25) is 0 Å². The van der Waals surface area contributed by atoms with Gasteiger partial charge < -0.3 is 20.4 Å². The quantitative estimate of drug-likeness (QED) is 0.694. The van der Waals surface area contributed by atoms with Crippen molar-refractivity contribution in [3.8, 4) is 0 Å². The molecule has 7 nitrogen and oxygen atoms in total. The fourth-order valence-electron chi connectivity index (χ4n) is 1.77. The Bertz CT molecular complexity index is 742. The van der Waals surface area contributed by atoms with Gasteiger partial charge in [0.05, 0.1) is 0 Å². The maximum Gasteiger partial charge on any atom is 0.355 e. The average molecular weight is 380 g/mol. The number of rotatable bonds is 5. The zero-order valence-electron chi connectivity index (χ0n) is 12.2. The molecule has 8 heteroatoms. The van der Waals surface area contributed by atoms with Gasteiger partial charge in [0.25, 0.3) is 5.91 Å². The Morgan fingerprint density at radius 1 is 1.17 bits per heavy atom. The highest BCUT2D eigenvalue weighted by molar-refractivity contribution is 9.10. The Kier molecular flexibility index (Phi) is 5.53. The van der Waals surface area contributed by atoms with E-state index in [1.807, 2.05) is 0 Å². The molecule has 0 aliphatic carbocycles. The van der Waals surface area contributed by atoms with E-state index in [0.29, 0.717) is 15.8 Å². The van der Waals surface area contributed by atoms with Crippen molar-refractivity contribution in [2.24, 2.45) is 0 Å². The van der Waals surface area contributed by atoms with Crippen molar-refractivity contribution in [1.29, 1.82) is 0 Å². The molecule has 0 aliphatic heterocycles. The van der Waals surface area contributed by atoms with Crippen LogP contribution < -0.4 is 10.6 Å². The Labute approximate surface area is 140 Å². The van der Waals surface area contributed by atoms with E-state index in [1.165, 1.54) is 6.92 Å². The number of hydrogen-bond donors (Lipinski definition) is 3. The van der Waals surface area contributed by atoms with Crippen LogP contribution in [-0.2, 0) is 14.3 Å². The number of aromatic amines is 1. The summed E-state index contributed by atoms with van der Waals surface area (Å²) in [5.74, 6) is -1.32. The van der Waals surface area contributed by atoms with Gasteiger partial charge in [-0.15, -0.1) is 0 Å². The molecule has 23 heavy (non-hydrogen) atoms. The molecule has 0 fully saturated rings. The Hall–Kier alpha value is -2.61. The van der Waals surface area contributed by atoms with E-state index < -0.39 is 18.5 Å². The fourth-order valence-corrected chi connectivity index (χ4v) is 2.11. The van der Waals surface area contributed by atoms with Gasteiger partial charge in [0.1, 0.15) is 5.69 Å². The summed E-state index contributed by atoms with van der Waals surface area (Å²) in [7, 11) is 0. The van der Waals surface area contributed by atoms with Crippen LogP contribution in [0.15, 0.2) is 41.0 Å². The second-order valence-electron chi connectivity index (χ2n) is 4.62. The molecular formula is C15H14BrN3O4. The van der Waals surface area contributed by atoms with E-state index in [-0.39, 0.29) is 11.6 Å². The minimum absolute atomic E-state index is 0.209. The van der Waals surface area contributed by atoms with Crippen LogP contribution in [0.3, 0.4) is 0 Å². The smallest absolute Gasteiger partial charge is 0.355 e. The van der Waals surface area contributed by atoms with E-state index in [4.69, 9.17) is 4.74 Å². The molecule has 0 atom stereocenters. The molecule has 1 aromatic carbocycles. The van der Waals surface area contributed by atoms with Crippen LogP contribution in [0.1, 0.15) is 17.4 Å². The van der Waals surface area contributed by atoms with Gasteiger partial charge in [0.2, 0.25) is 5.91 Å². The van der Waals surface area contributed by atoms with Crippen molar-refractivity contribution in [1.82, 2.24) is 4.98 Å². The monoisotopic (exact) mass is 379 g/mol. The molecule has 0 radical (unpaired) electrons. The third kappa shape index (κ3) is 5.26. The summed E-state index contributed by atoms with van der Waals surface area (Å²) < 4.78 is 5.61. The standard InChI is InChI=1S/C15H14BrN3O4/c1-9(20)18-11-3-2-4-12(6-11)19-14(21)8-23-15(22)13-5-10(16)7-17-13/h2-7,17H,8H2,1H3,(H,18,20)(H,19,21). The number of benzene rings is 1. The predicted molar refractivity (Wildman–Crippen MR) is 88.2 cm³/mol. The molecule has 2 rings (SSSR count). The third-order valence-electron chi connectivity index (χ3n) is 2.67. The minimum atomic E-state index is -0.627. The van der Waals surface area contributed by atoms with Crippen LogP contribution >= 0.6 is 15.9 Å². The summed E-state index contributed by atoms with van der Waals surface area (Å²) in [5, 5.41) is 5.19. The van der Waals surface area contributed by atoms with E-state index in [9.17, 15) is 14.4 Å². The lowest BCUT2D eigenvalue weighted by Gasteiger charge is -2.08. The van der Waals surface area contributed by atoms with Gasteiger partial charge in [0.15, 0.2) is 6.61 Å². The summed E-state index contributed by atoms with van der Waals surface area (Å²) in [6, 6.07) is 8.19. The van der Waals surface area contributed by atoms with Gasteiger partial charge in [-0.05, 0) is 40.2 Å². The molecule has 0 saturated carbocycles. The van der Waals surface area contributed by atoms with Crippen molar-refractivity contribution in [2.75, 3.05) is 17.2 Å². The van der Waals surface area contributed by atoms with Crippen molar-refractivity contribution in [3.63, 3.8) is 0 Å².